The van der Waals surface area contributed by atoms with Gasteiger partial charge in [0, 0.05) is 60.2 Å². The zero-order chi connectivity index (χ0) is 37.9. The molecule has 4 heteroatoms. The predicted octanol–water partition coefficient (Wildman–Crippen LogP) is 14.5. The van der Waals surface area contributed by atoms with Crippen molar-refractivity contribution in [2.24, 2.45) is 0 Å². The minimum atomic E-state index is 0.908. The van der Waals surface area contributed by atoms with Gasteiger partial charge in [0.05, 0.1) is 33.1 Å². The molecule has 0 aliphatic heterocycles. The molecule has 0 fully saturated rings. The molecule has 0 unspecified atom stereocenters. The zero-order valence-electron chi connectivity index (χ0n) is 31.3. The van der Waals surface area contributed by atoms with E-state index in [2.05, 4.69) is 208 Å². The summed E-state index contributed by atoms with van der Waals surface area (Å²) < 4.78 is 13.7. The lowest BCUT2D eigenvalue weighted by molar-refractivity contribution is 0.669. The lowest BCUT2D eigenvalue weighted by Crippen LogP contribution is -1.98. The van der Waals surface area contributed by atoms with Crippen molar-refractivity contribution in [1.82, 2.24) is 13.7 Å². The van der Waals surface area contributed by atoms with Crippen LogP contribution in [0.2, 0.25) is 0 Å². The second-order valence-corrected chi connectivity index (χ2v) is 15.3. The van der Waals surface area contributed by atoms with Crippen LogP contribution in [-0.2, 0) is 0 Å². The van der Waals surface area contributed by atoms with Crippen molar-refractivity contribution in [2.75, 3.05) is 0 Å². The Balaban J connectivity index is 1.10. The molecule has 58 heavy (non-hydrogen) atoms. The minimum absolute atomic E-state index is 0.908. The Hall–Kier alpha value is -7.82. The van der Waals surface area contributed by atoms with E-state index in [0.29, 0.717) is 0 Å². The Bertz CT molecular complexity index is 3770. The highest BCUT2D eigenvalue weighted by Crippen LogP contribution is 2.44. The van der Waals surface area contributed by atoms with E-state index >= 15 is 0 Å². The van der Waals surface area contributed by atoms with Gasteiger partial charge in [-0.05, 0) is 90.0 Å². The van der Waals surface area contributed by atoms with Crippen LogP contribution in [-0.4, -0.2) is 13.7 Å². The number of benzene rings is 9. The summed E-state index contributed by atoms with van der Waals surface area (Å²) >= 11 is 0. The largest absolute Gasteiger partial charge is 0.456 e. The summed E-state index contributed by atoms with van der Waals surface area (Å²) in [4.78, 5) is 0. The van der Waals surface area contributed by atoms with Gasteiger partial charge in [0.1, 0.15) is 11.2 Å². The Morgan fingerprint density at radius 3 is 1.45 bits per heavy atom. The van der Waals surface area contributed by atoms with Gasteiger partial charge in [-0.25, -0.2) is 0 Å². The van der Waals surface area contributed by atoms with Crippen LogP contribution < -0.4 is 0 Å². The number of rotatable bonds is 4. The van der Waals surface area contributed by atoms with Gasteiger partial charge in [-0.1, -0.05) is 121 Å². The average molecular weight is 740 g/mol. The summed E-state index contributed by atoms with van der Waals surface area (Å²) in [6.45, 7) is 0. The SMILES string of the molecule is c1ccc(-n2c3cc(-c4ccc5c(c4)c4ccc6c7ccccc7n(-c7ccccc7)c6c4n5-c4ccccc4)ccc3c3cc4oc5ccccc5c4cc32)cc1. The van der Waals surface area contributed by atoms with Crippen molar-refractivity contribution in [3.05, 3.63) is 200 Å². The predicted molar refractivity (Wildman–Crippen MR) is 242 cm³/mol. The third kappa shape index (κ3) is 4.34. The van der Waals surface area contributed by atoms with E-state index in [4.69, 9.17) is 4.42 Å². The highest BCUT2D eigenvalue weighted by molar-refractivity contribution is 6.24. The maximum atomic E-state index is 6.39. The molecule has 9 aromatic carbocycles. The van der Waals surface area contributed by atoms with E-state index in [1.807, 2.05) is 6.07 Å². The fourth-order valence-corrected chi connectivity index (χ4v) is 9.69. The lowest BCUT2D eigenvalue weighted by atomic mass is 10.0. The van der Waals surface area contributed by atoms with Gasteiger partial charge in [-0.2, -0.15) is 0 Å². The molecular formula is C54H33N3O. The van der Waals surface area contributed by atoms with E-state index in [-0.39, 0.29) is 0 Å². The molecule has 13 aromatic rings. The first-order valence-electron chi connectivity index (χ1n) is 19.8. The van der Waals surface area contributed by atoms with E-state index in [0.717, 1.165) is 50.0 Å². The molecule has 0 aliphatic carbocycles. The molecule has 0 aliphatic rings. The molecule has 0 saturated carbocycles. The first kappa shape index (κ1) is 31.4. The summed E-state index contributed by atoms with van der Waals surface area (Å²) in [6.07, 6.45) is 0. The lowest BCUT2D eigenvalue weighted by Gasteiger charge is -2.12. The van der Waals surface area contributed by atoms with Crippen molar-refractivity contribution in [1.29, 1.82) is 0 Å². The number of hydrogen-bond acceptors (Lipinski definition) is 1. The Morgan fingerprint density at radius 2 is 0.741 bits per heavy atom. The van der Waals surface area contributed by atoms with Gasteiger partial charge < -0.3 is 18.1 Å². The molecule has 0 spiro atoms. The van der Waals surface area contributed by atoms with Crippen molar-refractivity contribution in [3.8, 4) is 28.2 Å². The van der Waals surface area contributed by atoms with Crippen LogP contribution >= 0.6 is 0 Å². The van der Waals surface area contributed by atoms with E-state index in [9.17, 15) is 0 Å². The molecule has 0 radical (unpaired) electrons. The molecule has 4 nitrogen and oxygen atoms in total. The smallest absolute Gasteiger partial charge is 0.136 e. The molecule has 4 aromatic heterocycles. The van der Waals surface area contributed by atoms with Crippen molar-refractivity contribution in [3.63, 3.8) is 0 Å². The fraction of sp³-hybridized carbons (Fsp3) is 0. The first-order valence-corrected chi connectivity index (χ1v) is 19.8. The van der Waals surface area contributed by atoms with Crippen LogP contribution in [0.3, 0.4) is 0 Å². The van der Waals surface area contributed by atoms with Crippen molar-refractivity contribution < 1.29 is 4.42 Å². The summed E-state index contributed by atoms with van der Waals surface area (Å²) in [7, 11) is 0. The van der Waals surface area contributed by atoms with Gasteiger partial charge in [0.25, 0.3) is 0 Å². The Labute approximate surface area is 332 Å². The number of hydrogen-bond donors (Lipinski definition) is 0. The summed E-state index contributed by atoms with van der Waals surface area (Å²) in [6, 6.07) is 72.5. The van der Waals surface area contributed by atoms with E-state index < -0.39 is 0 Å². The highest BCUT2D eigenvalue weighted by Gasteiger charge is 2.22. The van der Waals surface area contributed by atoms with Gasteiger partial charge in [0.2, 0.25) is 0 Å². The van der Waals surface area contributed by atoms with Crippen LogP contribution in [0.1, 0.15) is 0 Å². The summed E-state index contributed by atoms with van der Waals surface area (Å²) in [5.74, 6) is 0. The van der Waals surface area contributed by atoms with Crippen LogP contribution in [0.4, 0.5) is 0 Å². The third-order valence-electron chi connectivity index (χ3n) is 12.2. The number of fused-ring (bicyclic) bond motifs is 13. The number of nitrogens with zero attached hydrogens (tertiary/aromatic N) is 3. The van der Waals surface area contributed by atoms with Crippen LogP contribution in [0.15, 0.2) is 205 Å². The standard InChI is InChI=1S/C54H33N3O/c1-4-14-36(15-5-1)55-49-31-35(24-26-40(49)45-33-52-46(32-50(45)55)41-21-11-13-23-51(41)58-52)34-25-29-48-44(30-34)43-28-27-42-39-20-10-12-22-47(39)56(37-16-6-2-7-17-37)53(42)54(43)57(48)38-18-8-3-9-19-38/h1-33H. The first-order chi connectivity index (χ1) is 28.8. The van der Waals surface area contributed by atoms with Gasteiger partial charge in [-0.3, -0.25) is 0 Å². The van der Waals surface area contributed by atoms with Gasteiger partial charge in [-0.15, -0.1) is 0 Å². The molecule has 13 rings (SSSR count). The molecule has 0 N–H and O–H groups in total. The molecular weight excluding hydrogens is 707 g/mol. The Morgan fingerprint density at radius 1 is 0.259 bits per heavy atom. The maximum absolute atomic E-state index is 6.39. The fourth-order valence-electron chi connectivity index (χ4n) is 9.69. The van der Waals surface area contributed by atoms with E-state index in [1.54, 1.807) is 0 Å². The van der Waals surface area contributed by atoms with Crippen LogP contribution in [0.25, 0.3) is 116 Å². The monoisotopic (exact) mass is 739 g/mol. The second kappa shape index (κ2) is 11.8. The van der Waals surface area contributed by atoms with Crippen LogP contribution in [0, 0.1) is 0 Å². The number of para-hydroxylation sites is 5. The van der Waals surface area contributed by atoms with Crippen LogP contribution in [0.5, 0.6) is 0 Å². The van der Waals surface area contributed by atoms with Crippen molar-refractivity contribution in [2.45, 2.75) is 0 Å². The highest BCUT2D eigenvalue weighted by atomic mass is 16.3. The van der Waals surface area contributed by atoms with E-state index in [1.165, 1.54) is 65.5 Å². The Kier molecular flexibility index (Phi) is 6.41. The van der Waals surface area contributed by atoms with Gasteiger partial charge >= 0.3 is 0 Å². The van der Waals surface area contributed by atoms with Crippen molar-refractivity contribution >= 4 is 87.4 Å². The topological polar surface area (TPSA) is 27.9 Å². The quantitative estimate of drug-likeness (QED) is 0.177. The molecule has 0 atom stereocenters. The normalized spacial score (nSPS) is 12.1. The number of furan rings is 1. The minimum Gasteiger partial charge on any atom is -0.456 e. The summed E-state index contributed by atoms with van der Waals surface area (Å²) in [5.41, 5.74) is 14.7. The molecule has 0 amide bonds. The zero-order valence-corrected chi connectivity index (χ0v) is 31.3. The number of aromatic nitrogens is 3. The summed E-state index contributed by atoms with van der Waals surface area (Å²) in [5, 5.41) is 9.57. The molecule has 4 heterocycles. The maximum Gasteiger partial charge on any atom is 0.136 e. The molecule has 0 saturated heterocycles. The third-order valence-corrected chi connectivity index (χ3v) is 12.2. The second-order valence-electron chi connectivity index (χ2n) is 15.3. The van der Waals surface area contributed by atoms with Gasteiger partial charge in [0.15, 0.2) is 0 Å². The molecule has 270 valence electrons. The average Bonchev–Trinajstić information content (AvgIpc) is 4.02. The molecule has 0 bridgehead atoms.